The Morgan fingerprint density at radius 1 is 1.29 bits per heavy atom. The van der Waals surface area contributed by atoms with Gasteiger partial charge < -0.3 is 10.1 Å². The van der Waals surface area contributed by atoms with Crippen molar-refractivity contribution >= 4 is 21.7 Å². The van der Waals surface area contributed by atoms with Crippen molar-refractivity contribution in [3.8, 4) is 5.75 Å². The third-order valence-electron chi connectivity index (χ3n) is 2.69. The van der Waals surface area contributed by atoms with Crippen molar-refractivity contribution in [2.24, 2.45) is 0 Å². The summed E-state index contributed by atoms with van der Waals surface area (Å²) < 4.78 is 65.6. The van der Waals surface area contributed by atoms with Gasteiger partial charge in [-0.05, 0) is 6.08 Å². The SMILES string of the molecule is C=Cc1cnc(S(=O)(=O)c2cncc(OC(F)(F)F)c2)c(NC)n1. The van der Waals surface area contributed by atoms with Crippen molar-refractivity contribution in [3.05, 3.63) is 36.9 Å². The summed E-state index contributed by atoms with van der Waals surface area (Å²) in [6, 6.07) is 0.707. The molecule has 128 valence electrons. The number of sulfone groups is 1. The lowest BCUT2D eigenvalue weighted by Crippen LogP contribution is -2.17. The molecule has 2 aromatic heterocycles. The quantitative estimate of drug-likeness (QED) is 0.874. The number of aromatic nitrogens is 3. The lowest BCUT2D eigenvalue weighted by molar-refractivity contribution is -0.274. The fourth-order valence-electron chi connectivity index (χ4n) is 1.70. The maximum Gasteiger partial charge on any atom is 0.573 e. The maximum absolute atomic E-state index is 12.6. The van der Waals surface area contributed by atoms with Crippen molar-refractivity contribution in [1.29, 1.82) is 0 Å². The molecule has 2 rings (SSSR count). The normalized spacial score (nSPS) is 11.8. The number of hydrogen-bond donors (Lipinski definition) is 1. The Kier molecular flexibility index (Phi) is 4.73. The second kappa shape index (κ2) is 6.43. The first-order valence-electron chi connectivity index (χ1n) is 6.30. The Balaban J connectivity index is 2.52. The Bertz CT molecular complexity index is 869. The zero-order chi connectivity index (χ0) is 18.0. The van der Waals surface area contributed by atoms with Gasteiger partial charge in [-0.2, -0.15) is 0 Å². The molecule has 0 fully saturated rings. The first-order chi connectivity index (χ1) is 11.2. The predicted molar refractivity (Wildman–Crippen MR) is 78.0 cm³/mol. The first-order valence-corrected chi connectivity index (χ1v) is 7.79. The molecule has 0 amide bonds. The van der Waals surface area contributed by atoms with E-state index in [-0.39, 0.29) is 5.82 Å². The molecule has 0 radical (unpaired) electrons. The van der Waals surface area contributed by atoms with E-state index in [0.717, 1.165) is 12.4 Å². The molecule has 2 aromatic rings. The molecular formula is C13H11F3N4O3S. The van der Waals surface area contributed by atoms with E-state index in [4.69, 9.17) is 0 Å². The van der Waals surface area contributed by atoms with E-state index >= 15 is 0 Å². The van der Waals surface area contributed by atoms with Crippen LogP contribution >= 0.6 is 0 Å². The number of rotatable bonds is 5. The summed E-state index contributed by atoms with van der Waals surface area (Å²) in [4.78, 5) is 10.7. The van der Waals surface area contributed by atoms with Crippen LogP contribution in [0.15, 0.2) is 41.2 Å². The molecule has 0 atom stereocenters. The fourth-order valence-corrected chi connectivity index (χ4v) is 2.98. The van der Waals surface area contributed by atoms with Crippen LogP contribution in [0.3, 0.4) is 0 Å². The highest BCUT2D eigenvalue weighted by Gasteiger charge is 2.32. The van der Waals surface area contributed by atoms with Gasteiger partial charge in [-0.15, -0.1) is 13.2 Å². The largest absolute Gasteiger partial charge is 0.573 e. The van der Waals surface area contributed by atoms with Gasteiger partial charge in [0.25, 0.3) is 0 Å². The number of alkyl halides is 3. The molecule has 0 saturated carbocycles. The number of nitrogens with zero attached hydrogens (tertiary/aromatic N) is 3. The summed E-state index contributed by atoms with van der Waals surface area (Å²) in [7, 11) is -2.84. The minimum atomic E-state index is -4.97. The van der Waals surface area contributed by atoms with Crippen molar-refractivity contribution in [2.75, 3.05) is 12.4 Å². The number of halogens is 3. The van der Waals surface area contributed by atoms with Crippen molar-refractivity contribution < 1.29 is 26.3 Å². The van der Waals surface area contributed by atoms with E-state index in [2.05, 4.69) is 31.6 Å². The second-order valence-corrected chi connectivity index (χ2v) is 6.18. The van der Waals surface area contributed by atoms with E-state index in [1.54, 1.807) is 0 Å². The highest BCUT2D eigenvalue weighted by atomic mass is 32.2. The van der Waals surface area contributed by atoms with E-state index in [1.807, 2.05) is 0 Å². The van der Waals surface area contributed by atoms with Gasteiger partial charge in [0.15, 0.2) is 5.82 Å². The molecule has 2 heterocycles. The van der Waals surface area contributed by atoms with Crippen LogP contribution in [0, 0.1) is 0 Å². The summed E-state index contributed by atoms with van der Waals surface area (Å²) in [5, 5.41) is 2.11. The number of ether oxygens (including phenoxy) is 1. The summed E-state index contributed by atoms with van der Waals surface area (Å²) in [6.07, 6.45) is -0.793. The van der Waals surface area contributed by atoms with E-state index in [9.17, 15) is 21.6 Å². The van der Waals surface area contributed by atoms with E-state index < -0.39 is 31.9 Å². The number of pyridine rings is 1. The van der Waals surface area contributed by atoms with Crippen LogP contribution < -0.4 is 10.1 Å². The zero-order valence-corrected chi connectivity index (χ0v) is 13.0. The predicted octanol–water partition coefficient (Wildman–Crippen LogP) is 2.29. The van der Waals surface area contributed by atoms with E-state index in [0.29, 0.717) is 11.8 Å². The van der Waals surface area contributed by atoms with Crippen molar-refractivity contribution in [3.63, 3.8) is 0 Å². The van der Waals surface area contributed by atoms with E-state index in [1.165, 1.54) is 19.3 Å². The molecule has 0 saturated heterocycles. The van der Waals surface area contributed by atoms with Crippen LogP contribution in [0.1, 0.15) is 5.69 Å². The molecule has 0 aliphatic rings. The Morgan fingerprint density at radius 3 is 2.58 bits per heavy atom. The Hall–Kier alpha value is -2.69. The smallest absolute Gasteiger partial charge is 0.404 e. The molecule has 7 nitrogen and oxygen atoms in total. The van der Waals surface area contributed by atoms with Crippen LogP contribution in [0.25, 0.3) is 6.08 Å². The average molecular weight is 360 g/mol. The molecule has 11 heteroatoms. The lowest BCUT2D eigenvalue weighted by Gasteiger charge is -2.11. The fraction of sp³-hybridized carbons (Fsp3) is 0.154. The molecule has 0 aliphatic carbocycles. The van der Waals surface area contributed by atoms with Gasteiger partial charge >= 0.3 is 6.36 Å². The van der Waals surface area contributed by atoms with Gasteiger partial charge in [-0.25, -0.2) is 18.4 Å². The average Bonchev–Trinajstić information content (AvgIpc) is 2.52. The van der Waals surface area contributed by atoms with Crippen molar-refractivity contribution in [1.82, 2.24) is 15.0 Å². The number of hydrogen-bond acceptors (Lipinski definition) is 7. The van der Waals surface area contributed by atoms with Gasteiger partial charge in [-0.1, -0.05) is 6.58 Å². The maximum atomic E-state index is 12.6. The molecule has 0 aliphatic heterocycles. The Morgan fingerprint density at radius 2 is 2.00 bits per heavy atom. The monoisotopic (exact) mass is 360 g/mol. The molecule has 24 heavy (non-hydrogen) atoms. The standard InChI is InChI=1S/C13H11F3N4O3S/c1-3-8-5-19-12(11(17-2)20-8)24(21,22)10-4-9(6-18-7-10)23-13(14,15)16/h3-7H,1H2,2H3,(H,17,20). The highest BCUT2D eigenvalue weighted by molar-refractivity contribution is 7.91. The van der Waals surface area contributed by atoms with Crippen LogP contribution in [-0.4, -0.2) is 36.8 Å². The summed E-state index contributed by atoms with van der Waals surface area (Å²) in [5.74, 6) is -0.834. The van der Waals surface area contributed by atoms with Gasteiger partial charge in [0, 0.05) is 19.3 Å². The van der Waals surface area contributed by atoms with Crippen molar-refractivity contribution in [2.45, 2.75) is 16.3 Å². The molecule has 0 spiro atoms. The molecule has 0 bridgehead atoms. The van der Waals surface area contributed by atoms with Gasteiger partial charge in [-0.3, -0.25) is 4.98 Å². The third kappa shape index (κ3) is 3.79. The van der Waals surface area contributed by atoms with Gasteiger partial charge in [0.2, 0.25) is 14.9 Å². The van der Waals surface area contributed by atoms with Crippen LogP contribution in [0.5, 0.6) is 5.75 Å². The van der Waals surface area contributed by atoms with Gasteiger partial charge in [0.05, 0.1) is 23.0 Å². The third-order valence-corrected chi connectivity index (χ3v) is 4.34. The van der Waals surface area contributed by atoms with Crippen LogP contribution in [0.4, 0.5) is 19.0 Å². The first kappa shape index (κ1) is 17.7. The summed E-state index contributed by atoms with van der Waals surface area (Å²) in [6.45, 7) is 3.49. The number of anilines is 1. The lowest BCUT2D eigenvalue weighted by atomic mass is 10.4. The summed E-state index contributed by atoms with van der Waals surface area (Å²) >= 11 is 0. The topological polar surface area (TPSA) is 94.1 Å². The summed E-state index contributed by atoms with van der Waals surface area (Å²) in [5.41, 5.74) is 0.325. The highest BCUT2D eigenvalue weighted by Crippen LogP contribution is 2.28. The van der Waals surface area contributed by atoms with Crippen LogP contribution in [-0.2, 0) is 9.84 Å². The molecule has 1 N–H and O–H groups in total. The molecule has 0 unspecified atom stereocenters. The van der Waals surface area contributed by atoms with Crippen LogP contribution in [0.2, 0.25) is 0 Å². The molecular weight excluding hydrogens is 349 g/mol. The zero-order valence-electron chi connectivity index (χ0n) is 12.2. The Labute approximate surface area is 135 Å². The van der Waals surface area contributed by atoms with Gasteiger partial charge in [0.1, 0.15) is 5.75 Å². The number of nitrogens with one attached hydrogen (secondary N) is 1. The minimum Gasteiger partial charge on any atom is -0.404 e. The molecule has 0 aromatic carbocycles. The second-order valence-electron chi connectivity index (χ2n) is 4.31. The minimum absolute atomic E-state index is 0.0745.